The summed E-state index contributed by atoms with van der Waals surface area (Å²) >= 11 is 0. The van der Waals surface area contributed by atoms with Gasteiger partial charge in [0.25, 0.3) is 5.91 Å². The Hall–Kier alpha value is -2.39. The van der Waals surface area contributed by atoms with Gasteiger partial charge < -0.3 is 24.6 Å². The summed E-state index contributed by atoms with van der Waals surface area (Å²) in [5.41, 5.74) is -1.09. The predicted molar refractivity (Wildman–Crippen MR) is 103 cm³/mol. The topological polar surface area (TPSA) is 111 Å². The van der Waals surface area contributed by atoms with Crippen LogP contribution in [0.3, 0.4) is 0 Å². The fraction of sp³-hybridized carbons (Fsp3) is 0.526. The van der Waals surface area contributed by atoms with E-state index < -0.39 is 35.1 Å². The Bertz CT molecular complexity index is 712. The minimum atomic E-state index is -1.16. The number of carbonyl (C=O) groups excluding carboxylic acids is 3. The van der Waals surface area contributed by atoms with Gasteiger partial charge in [-0.3, -0.25) is 9.59 Å². The van der Waals surface area contributed by atoms with E-state index in [9.17, 15) is 19.5 Å². The predicted octanol–water partition coefficient (Wildman–Crippen LogP) is 0.332. The molecule has 0 aromatic heterocycles. The number of nitrogens with one attached hydrogen (secondary N) is 1. The number of rotatable bonds is 9. The highest BCUT2D eigenvalue weighted by Crippen LogP contribution is 2.24. The summed E-state index contributed by atoms with van der Waals surface area (Å²) in [4.78, 5) is 35.8. The highest BCUT2D eigenvalue weighted by atomic mass is 16.5. The van der Waals surface area contributed by atoms with Crippen molar-refractivity contribution in [1.29, 1.82) is 0 Å². The molecule has 0 aliphatic rings. The number of aliphatic hydroxyl groups is 1. The van der Waals surface area contributed by atoms with Crippen LogP contribution in [0.4, 0.5) is 0 Å². The summed E-state index contributed by atoms with van der Waals surface area (Å²) < 4.78 is 14.8. The number of amides is 1. The van der Waals surface area contributed by atoms with Gasteiger partial charge in [-0.2, -0.15) is 0 Å². The third-order valence-electron chi connectivity index (χ3n) is 4.50. The summed E-state index contributed by atoms with van der Waals surface area (Å²) in [6, 6.07) is 5.32. The number of methoxy groups -OCH3 is 2. The van der Waals surface area contributed by atoms with Crippen molar-refractivity contribution in [1.82, 2.24) is 5.32 Å². The number of hydrogen-bond donors (Lipinski definition) is 2. The molecule has 1 aromatic rings. The van der Waals surface area contributed by atoms with E-state index in [1.165, 1.54) is 14.6 Å². The molecule has 0 bridgehead atoms. The zero-order valence-electron chi connectivity index (χ0n) is 17.1. The van der Waals surface area contributed by atoms with Gasteiger partial charge in [0.1, 0.15) is 6.04 Å². The van der Waals surface area contributed by atoms with Crippen LogP contribution in [0.2, 0.25) is 0 Å². The molecule has 153 valence electrons. The number of benzene rings is 1. The van der Waals surface area contributed by atoms with E-state index in [4.69, 9.17) is 4.65 Å². The Labute approximate surface area is 165 Å². The van der Waals surface area contributed by atoms with Gasteiger partial charge in [-0.15, -0.1) is 0 Å². The van der Waals surface area contributed by atoms with Gasteiger partial charge in [0.05, 0.1) is 31.8 Å². The minimum absolute atomic E-state index is 0.261. The van der Waals surface area contributed by atoms with Gasteiger partial charge in [-0.05, 0) is 33.8 Å². The SMILES string of the molecule is COC(=O)CC(NC(=O)c1cccc([B]OC(C)(C)C(C)(C)O)c1)C(=O)OC. The van der Waals surface area contributed by atoms with E-state index in [1.807, 2.05) is 0 Å². The molecule has 0 saturated carbocycles. The van der Waals surface area contributed by atoms with Gasteiger partial charge in [0, 0.05) is 5.56 Å². The monoisotopic (exact) mass is 392 g/mol. The molecule has 1 atom stereocenters. The molecule has 0 aliphatic carbocycles. The lowest BCUT2D eigenvalue weighted by Gasteiger charge is -2.37. The first-order chi connectivity index (χ1) is 12.9. The molecular formula is C19H27BNO7. The Balaban J connectivity index is 2.87. The van der Waals surface area contributed by atoms with Crippen LogP contribution >= 0.6 is 0 Å². The van der Waals surface area contributed by atoms with E-state index in [2.05, 4.69) is 14.8 Å². The second kappa shape index (κ2) is 9.70. The summed E-state index contributed by atoms with van der Waals surface area (Å²) in [5.74, 6) is -1.96. The first-order valence-corrected chi connectivity index (χ1v) is 8.70. The van der Waals surface area contributed by atoms with E-state index in [-0.39, 0.29) is 12.0 Å². The van der Waals surface area contributed by atoms with Crippen molar-refractivity contribution in [2.45, 2.75) is 51.4 Å². The molecule has 2 N–H and O–H groups in total. The molecule has 0 aliphatic heterocycles. The Kier molecular flexibility index (Phi) is 8.20. The highest BCUT2D eigenvalue weighted by molar-refractivity contribution is 6.47. The maximum Gasteiger partial charge on any atom is 0.330 e. The maximum atomic E-state index is 12.5. The van der Waals surface area contributed by atoms with Crippen molar-refractivity contribution < 1.29 is 33.6 Å². The Morgan fingerprint density at radius 2 is 1.79 bits per heavy atom. The van der Waals surface area contributed by atoms with Gasteiger partial charge in [0.2, 0.25) is 0 Å². The highest BCUT2D eigenvalue weighted by Gasteiger charge is 2.35. The Morgan fingerprint density at radius 3 is 2.32 bits per heavy atom. The molecule has 9 heteroatoms. The Morgan fingerprint density at radius 1 is 1.14 bits per heavy atom. The van der Waals surface area contributed by atoms with Gasteiger partial charge in [-0.25, -0.2) is 4.79 Å². The summed E-state index contributed by atoms with van der Waals surface area (Å²) in [6.45, 7) is 6.76. The second-order valence-corrected chi connectivity index (χ2v) is 7.26. The molecule has 1 unspecified atom stereocenters. The van der Waals surface area contributed by atoms with Crippen LogP contribution in [-0.2, 0) is 23.7 Å². The van der Waals surface area contributed by atoms with Crippen molar-refractivity contribution in [3.8, 4) is 0 Å². The van der Waals surface area contributed by atoms with Gasteiger partial charge in [0.15, 0.2) is 0 Å². The lowest BCUT2D eigenvalue weighted by molar-refractivity contribution is -0.149. The first kappa shape index (κ1) is 23.7. The average Bonchev–Trinajstić information content (AvgIpc) is 2.64. The lowest BCUT2D eigenvalue weighted by atomic mass is 9.82. The molecule has 0 heterocycles. The van der Waals surface area contributed by atoms with Crippen LogP contribution in [0.15, 0.2) is 24.3 Å². The number of esters is 2. The maximum absolute atomic E-state index is 12.5. The fourth-order valence-corrected chi connectivity index (χ4v) is 1.94. The lowest BCUT2D eigenvalue weighted by Crippen LogP contribution is -2.49. The van der Waals surface area contributed by atoms with Crippen LogP contribution in [-0.4, -0.2) is 61.9 Å². The molecule has 1 aromatic carbocycles. The molecule has 0 fully saturated rings. The zero-order chi connectivity index (χ0) is 21.5. The fourth-order valence-electron chi connectivity index (χ4n) is 1.94. The van der Waals surface area contributed by atoms with Crippen LogP contribution in [0.5, 0.6) is 0 Å². The van der Waals surface area contributed by atoms with Crippen LogP contribution in [0, 0.1) is 0 Å². The van der Waals surface area contributed by atoms with Crippen molar-refractivity contribution in [3.63, 3.8) is 0 Å². The summed E-state index contributed by atoms with van der Waals surface area (Å²) in [6.07, 6.45) is -0.344. The molecule has 1 rings (SSSR count). The standard InChI is InChI=1S/C19H27BNO7/c1-18(2,25)19(3,4)28-20-13-9-7-8-12(10-13)16(23)21-14(17(24)27-6)11-15(22)26-5/h7-10,14,25H,11H2,1-6H3,(H,21,23). The average molecular weight is 392 g/mol. The van der Waals surface area contributed by atoms with Crippen molar-refractivity contribution in [2.24, 2.45) is 0 Å². The molecular weight excluding hydrogens is 365 g/mol. The zero-order valence-corrected chi connectivity index (χ0v) is 17.1. The smallest absolute Gasteiger partial charge is 0.330 e. The van der Waals surface area contributed by atoms with Crippen LogP contribution in [0.25, 0.3) is 0 Å². The van der Waals surface area contributed by atoms with E-state index >= 15 is 0 Å². The van der Waals surface area contributed by atoms with Crippen molar-refractivity contribution in [2.75, 3.05) is 14.2 Å². The largest absolute Gasteiger partial charge is 0.469 e. The molecule has 28 heavy (non-hydrogen) atoms. The first-order valence-electron chi connectivity index (χ1n) is 8.70. The van der Waals surface area contributed by atoms with Crippen LogP contribution in [0.1, 0.15) is 44.5 Å². The normalized spacial score (nSPS) is 12.7. The van der Waals surface area contributed by atoms with Crippen molar-refractivity contribution >= 4 is 30.8 Å². The van der Waals surface area contributed by atoms with Gasteiger partial charge in [-0.1, -0.05) is 23.7 Å². The molecule has 0 spiro atoms. The third-order valence-corrected chi connectivity index (χ3v) is 4.50. The molecule has 1 amide bonds. The van der Waals surface area contributed by atoms with E-state index in [1.54, 1.807) is 52.0 Å². The number of hydrogen-bond acceptors (Lipinski definition) is 7. The molecule has 0 saturated heterocycles. The van der Waals surface area contributed by atoms with Crippen LogP contribution < -0.4 is 10.8 Å². The number of ether oxygens (including phenoxy) is 2. The minimum Gasteiger partial charge on any atom is -0.469 e. The number of carbonyl (C=O) groups is 3. The van der Waals surface area contributed by atoms with Gasteiger partial charge >= 0.3 is 19.4 Å². The summed E-state index contributed by atoms with van der Waals surface area (Å²) in [7, 11) is 3.80. The van der Waals surface area contributed by atoms with E-state index in [0.717, 1.165) is 7.11 Å². The molecule has 1 radical (unpaired) electrons. The third kappa shape index (κ3) is 6.65. The molecule has 8 nitrogen and oxygen atoms in total. The van der Waals surface area contributed by atoms with E-state index in [0.29, 0.717) is 5.46 Å². The quantitative estimate of drug-likeness (QED) is 0.460. The van der Waals surface area contributed by atoms with Crippen molar-refractivity contribution in [3.05, 3.63) is 29.8 Å². The second-order valence-electron chi connectivity index (χ2n) is 7.26. The summed E-state index contributed by atoms with van der Waals surface area (Å²) in [5, 5.41) is 12.6.